The molecule has 0 saturated carbocycles. The highest BCUT2D eigenvalue weighted by Gasteiger charge is 2.37. The van der Waals surface area contributed by atoms with Crippen LogP contribution in [0.25, 0.3) is 0 Å². The second-order valence-corrected chi connectivity index (χ2v) is 8.16. The van der Waals surface area contributed by atoms with Gasteiger partial charge in [0.15, 0.2) is 5.82 Å². The maximum Gasteiger partial charge on any atom is 0.155 e. The normalized spacial score (nSPS) is 23.4. The van der Waals surface area contributed by atoms with E-state index in [1.807, 2.05) is 31.2 Å². The molecule has 0 fully saturated rings. The average Bonchev–Trinajstić information content (AvgIpc) is 3.00. The number of halogens is 2. The number of nitrogens with zero attached hydrogens (tertiary/aromatic N) is 4. The lowest BCUT2D eigenvalue weighted by Gasteiger charge is -2.21. The van der Waals surface area contributed by atoms with Gasteiger partial charge in [0, 0.05) is 14.4 Å². The van der Waals surface area contributed by atoms with Crippen LogP contribution in [0.15, 0.2) is 39.1 Å². The molecule has 0 spiro atoms. The Hall–Kier alpha value is -1.11. The van der Waals surface area contributed by atoms with Crippen molar-refractivity contribution in [2.45, 2.75) is 18.8 Å². The maximum absolute atomic E-state index is 6.40. The summed E-state index contributed by atoms with van der Waals surface area (Å²) in [5.41, 5.74) is 2.01. The molecule has 3 heterocycles. The Morgan fingerprint density at radius 3 is 2.95 bits per heavy atom. The van der Waals surface area contributed by atoms with Crippen LogP contribution in [0.3, 0.4) is 0 Å². The average molecular weight is 396 g/mol. The Morgan fingerprint density at radius 2 is 2.14 bits per heavy atom. The molecule has 1 aromatic carbocycles. The third-order valence-electron chi connectivity index (χ3n) is 3.90. The maximum atomic E-state index is 6.40. The molecule has 0 aliphatic carbocycles. The Morgan fingerprint density at radius 1 is 1.32 bits per heavy atom. The van der Waals surface area contributed by atoms with E-state index in [0.717, 1.165) is 31.8 Å². The zero-order valence-electron chi connectivity index (χ0n) is 11.7. The molecule has 0 saturated heterocycles. The molecule has 2 aromatic rings. The van der Waals surface area contributed by atoms with Gasteiger partial charge in [0.05, 0.1) is 23.5 Å². The van der Waals surface area contributed by atoms with E-state index in [-0.39, 0.29) is 11.3 Å². The zero-order chi connectivity index (χ0) is 15.3. The van der Waals surface area contributed by atoms with Gasteiger partial charge < -0.3 is 0 Å². The van der Waals surface area contributed by atoms with E-state index in [2.05, 4.69) is 36.8 Å². The summed E-state index contributed by atoms with van der Waals surface area (Å²) in [5.74, 6) is 1.97. The number of benzene rings is 1. The Balaban J connectivity index is 1.88. The highest BCUT2D eigenvalue weighted by atomic mass is 79.9. The van der Waals surface area contributed by atoms with Crippen molar-refractivity contribution in [2.75, 3.05) is 0 Å². The molecule has 0 N–H and O–H groups in total. The van der Waals surface area contributed by atoms with E-state index in [4.69, 9.17) is 16.6 Å². The summed E-state index contributed by atoms with van der Waals surface area (Å²) in [6, 6.07) is 7.87. The van der Waals surface area contributed by atoms with Crippen LogP contribution in [-0.4, -0.2) is 20.5 Å². The lowest BCUT2D eigenvalue weighted by atomic mass is 9.96. The number of thioether (sulfide) groups is 1. The van der Waals surface area contributed by atoms with Gasteiger partial charge in [0.2, 0.25) is 0 Å². The van der Waals surface area contributed by atoms with Crippen molar-refractivity contribution in [3.05, 3.63) is 56.4 Å². The predicted molar refractivity (Wildman–Crippen MR) is 93.6 cm³/mol. The first-order valence-electron chi connectivity index (χ1n) is 6.89. The first kappa shape index (κ1) is 14.5. The number of aryl methyl sites for hydroxylation is 1. The summed E-state index contributed by atoms with van der Waals surface area (Å²) in [4.78, 5) is 4.82. The molecule has 2 unspecified atom stereocenters. The third-order valence-corrected chi connectivity index (χ3v) is 6.16. The van der Waals surface area contributed by atoms with E-state index in [9.17, 15) is 0 Å². The van der Waals surface area contributed by atoms with E-state index in [1.54, 1.807) is 11.8 Å². The number of hydrogen-bond acceptors (Lipinski definition) is 4. The quantitative estimate of drug-likeness (QED) is 0.721. The molecule has 0 radical (unpaired) electrons. The first-order chi connectivity index (χ1) is 10.6. The Labute approximate surface area is 145 Å². The summed E-state index contributed by atoms with van der Waals surface area (Å²) in [6.07, 6.45) is 2.20. The minimum Gasteiger partial charge on any atom is -0.300 e. The minimum absolute atomic E-state index is 0.148. The molecule has 112 valence electrons. The molecule has 0 amide bonds. The van der Waals surface area contributed by atoms with E-state index in [1.165, 1.54) is 0 Å². The molecule has 7 heteroatoms. The summed E-state index contributed by atoms with van der Waals surface area (Å²) in [5, 5.41) is 9.39. The number of hydrogen-bond donors (Lipinski definition) is 0. The van der Waals surface area contributed by atoms with Gasteiger partial charge in [0.25, 0.3) is 0 Å². The van der Waals surface area contributed by atoms with Crippen LogP contribution in [0.2, 0.25) is 5.02 Å². The van der Waals surface area contributed by atoms with Crippen molar-refractivity contribution in [1.82, 2.24) is 14.8 Å². The standard InChI is InChI=1S/C15H12BrClN4S/c1-8-19-20-13-7-18-14(9-4-2-3-5-11(9)17)10-6-12(16)22-15(10)21(8)13/h2-6,10,15H,7H2,1H3. The second kappa shape index (κ2) is 5.51. The molecular weight excluding hydrogens is 384 g/mol. The van der Waals surface area contributed by atoms with Crippen molar-refractivity contribution in [3.63, 3.8) is 0 Å². The monoisotopic (exact) mass is 394 g/mol. The number of aliphatic imine (C=N–C) groups is 1. The van der Waals surface area contributed by atoms with Gasteiger partial charge in [-0.1, -0.05) is 47.6 Å². The highest BCUT2D eigenvalue weighted by Crippen LogP contribution is 2.50. The first-order valence-corrected chi connectivity index (χ1v) is 8.94. The molecule has 2 aliphatic heterocycles. The number of aromatic nitrogens is 3. The smallest absolute Gasteiger partial charge is 0.155 e. The van der Waals surface area contributed by atoms with Crippen LogP contribution >= 0.6 is 39.3 Å². The second-order valence-electron chi connectivity index (χ2n) is 5.22. The Kier molecular flexibility index (Phi) is 3.63. The molecule has 0 bridgehead atoms. The fourth-order valence-corrected chi connectivity index (χ4v) is 5.21. The van der Waals surface area contributed by atoms with E-state index < -0.39 is 0 Å². The summed E-state index contributed by atoms with van der Waals surface area (Å²) in [7, 11) is 0. The van der Waals surface area contributed by atoms with E-state index >= 15 is 0 Å². The van der Waals surface area contributed by atoms with Crippen LogP contribution in [-0.2, 0) is 6.54 Å². The van der Waals surface area contributed by atoms with Crippen molar-refractivity contribution < 1.29 is 0 Å². The van der Waals surface area contributed by atoms with Gasteiger partial charge in [-0.25, -0.2) is 0 Å². The summed E-state index contributed by atoms with van der Waals surface area (Å²) in [6.45, 7) is 2.52. The lowest BCUT2D eigenvalue weighted by molar-refractivity contribution is 0.599. The molecule has 22 heavy (non-hydrogen) atoms. The summed E-state index contributed by atoms with van der Waals surface area (Å²) < 4.78 is 3.30. The van der Waals surface area contributed by atoms with Gasteiger partial charge in [-0.3, -0.25) is 9.56 Å². The van der Waals surface area contributed by atoms with Gasteiger partial charge in [-0.15, -0.1) is 10.2 Å². The van der Waals surface area contributed by atoms with Crippen molar-refractivity contribution in [2.24, 2.45) is 10.9 Å². The van der Waals surface area contributed by atoms with Crippen molar-refractivity contribution in [1.29, 1.82) is 0 Å². The minimum atomic E-state index is 0.148. The molecular formula is C15H12BrClN4S. The number of allylic oxidation sites excluding steroid dienone is 1. The highest BCUT2D eigenvalue weighted by molar-refractivity contribution is 9.14. The van der Waals surface area contributed by atoms with Crippen molar-refractivity contribution in [3.8, 4) is 0 Å². The largest absolute Gasteiger partial charge is 0.300 e. The van der Waals surface area contributed by atoms with Gasteiger partial charge in [-0.2, -0.15) is 0 Å². The topological polar surface area (TPSA) is 43.1 Å². The summed E-state index contributed by atoms with van der Waals surface area (Å²) >= 11 is 11.8. The van der Waals surface area contributed by atoms with Gasteiger partial charge >= 0.3 is 0 Å². The Bertz CT molecular complexity index is 814. The van der Waals surface area contributed by atoms with Crippen LogP contribution < -0.4 is 0 Å². The third kappa shape index (κ3) is 2.25. The fraction of sp³-hybridized carbons (Fsp3) is 0.267. The van der Waals surface area contributed by atoms with Crippen LogP contribution in [0, 0.1) is 12.8 Å². The predicted octanol–water partition coefficient (Wildman–Crippen LogP) is 4.34. The van der Waals surface area contributed by atoms with Gasteiger partial charge in [-0.05, 0) is 28.9 Å². The zero-order valence-corrected chi connectivity index (χ0v) is 14.9. The molecule has 4 nitrogen and oxygen atoms in total. The molecule has 2 aliphatic rings. The van der Waals surface area contributed by atoms with E-state index in [0.29, 0.717) is 6.54 Å². The molecule has 4 rings (SSSR count). The SMILES string of the molecule is Cc1nnc2n1C1SC(Br)=CC1C(c1ccccc1Cl)=NC2. The van der Waals surface area contributed by atoms with Crippen LogP contribution in [0.4, 0.5) is 0 Å². The molecule has 2 atom stereocenters. The van der Waals surface area contributed by atoms with Crippen LogP contribution in [0.1, 0.15) is 22.6 Å². The van der Waals surface area contributed by atoms with Gasteiger partial charge in [0.1, 0.15) is 5.82 Å². The van der Waals surface area contributed by atoms with Crippen LogP contribution in [0.5, 0.6) is 0 Å². The molecule has 1 aromatic heterocycles. The fourth-order valence-electron chi connectivity index (χ4n) is 2.93. The number of rotatable bonds is 1. The lowest BCUT2D eigenvalue weighted by Crippen LogP contribution is -2.21. The van der Waals surface area contributed by atoms with Crippen molar-refractivity contribution >= 4 is 45.0 Å². The number of fused-ring (bicyclic) bond motifs is 3.